The van der Waals surface area contributed by atoms with E-state index in [4.69, 9.17) is 4.99 Å². The van der Waals surface area contributed by atoms with Crippen LogP contribution in [0.15, 0.2) is 59.6 Å². The zero-order chi connectivity index (χ0) is 14.5. The molecule has 0 bridgehead atoms. The van der Waals surface area contributed by atoms with Crippen LogP contribution in [0.2, 0.25) is 0 Å². The smallest absolute Gasteiger partial charge is 0.157 e. The normalized spacial score (nSPS) is 19.7. The number of nitrogens with one attached hydrogen (secondary N) is 1. The first-order valence-electron chi connectivity index (χ1n) is 7.33. The molecular formula is C18H20N2S. The Morgan fingerprint density at radius 1 is 1.10 bits per heavy atom. The summed E-state index contributed by atoms with van der Waals surface area (Å²) in [6.45, 7) is 2.91. The predicted molar refractivity (Wildman–Crippen MR) is 91.8 cm³/mol. The van der Waals surface area contributed by atoms with E-state index in [-0.39, 0.29) is 0 Å². The van der Waals surface area contributed by atoms with Gasteiger partial charge in [-0.3, -0.25) is 4.99 Å². The van der Waals surface area contributed by atoms with E-state index < -0.39 is 0 Å². The van der Waals surface area contributed by atoms with Gasteiger partial charge in [0.25, 0.3) is 0 Å². The number of hydrogen-bond acceptors (Lipinski definition) is 2. The van der Waals surface area contributed by atoms with E-state index >= 15 is 0 Å². The largest absolute Gasteiger partial charge is 0.361 e. The third kappa shape index (κ3) is 3.88. The van der Waals surface area contributed by atoms with E-state index in [1.807, 2.05) is 11.8 Å². The SMILES string of the molecule is Cc1ccccc1CN=C1NC(Cc2ccccc2)CS1. The summed E-state index contributed by atoms with van der Waals surface area (Å²) in [5.74, 6) is 1.10. The second-order valence-corrected chi connectivity index (χ2v) is 6.40. The molecule has 1 heterocycles. The maximum absolute atomic E-state index is 4.71. The van der Waals surface area contributed by atoms with Gasteiger partial charge in [-0.25, -0.2) is 0 Å². The predicted octanol–water partition coefficient (Wildman–Crippen LogP) is 3.80. The highest BCUT2D eigenvalue weighted by Gasteiger charge is 2.20. The molecule has 0 amide bonds. The van der Waals surface area contributed by atoms with Gasteiger partial charge >= 0.3 is 0 Å². The Morgan fingerprint density at radius 2 is 1.86 bits per heavy atom. The second kappa shape index (κ2) is 6.81. The van der Waals surface area contributed by atoms with Crippen LogP contribution in [0.1, 0.15) is 16.7 Å². The molecule has 1 aliphatic rings. The van der Waals surface area contributed by atoms with E-state index in [1.54, 1.807) is 0 Å². The number of amidine groups is 1. The minimum absolute atomic E-state index is 0.494. The summed E-state index contributed by atoms with van der Waals surface area (Å²) in [5, 5.41) is 4.62. The van der Waals surface area contributed by atoms with E-state index in [2.05, 4.69) is 66.8 Å². The van der Waals surface area contributed by atoms with Gasteiger partial charge in [-0.05, 0) is 30.0 Å². The van der Waals surface area contributed by atoms with Crippen LogP contribution in [0.4, 0.5) is 0 Å². The fraction of sp³-hybridized carbons (Fsp3) is 0.278. The molecule has 0 aliphatic carbocycles. The third-order valence-corrected chi connectivity index (χ3v) is 4.82. The van der Waals surface area contributed by atoms with Gasteiger partial charge < -0.3 is 5.32 Å². The fourth-order valence-corrected chi connectivity index (χ4v) is 3.45. The standard InChI is InChI=1S/C18H20N2S/c1-14-7-5-6-10-16(14)12-19-18-20-17(13-21-18)11-15-8-3-2-4-9-15/h2-10,17H,11-13H2,1H3,(H,19,20). The first-order chi connectivity index (χ1) is 10.3. The molecular weight excluding hydrogens is 276 g/mol. The summed E-state index contributed by atoms with van der Waals surface area (Å²) in [5.41, 5.74) is 4.00. The Morgan fingerprint density at radius 3 is 2.67 bits per heavy atom. The van der Waals surface area contributed by atoms with Crippen LogP contribution in [0, 0.1) is 6.92 Å². The van der Waals surface area contributed by atoms with Crippen molar-refractivity contribution in [2.24, 2.45) is 4.99 Å². The molecule has 2 aromatic rings. The van der Waals surface area contributed by atoms with Crippen molar-refractivity contribution in [1.29, 1.82) is 0 Å². The zero-order valence-electron chi connectivity index (χ0n) is 12.3. The summed E-state index contributed by atoms with van der Waals surface area (Å²) in [6.07, 6.45) is 1.07. The van der Waals surface area contributed by atoms with Gasteiger partial charge in [-0.15, -0.1) is 0 Å². The fourth-order valence-electron chi connectivity index (χ4n) is 2.48. The Labute approximate surface area is 130 Å². The summed E-state index contributed by atoms with van der Waals surface area (Å²) < 4.78 is 0. The molecule has 1 unspecified atom stereocenters. The average molecular weight is 296 g/mol. The van der Waals surface area contributed by atoms with Crippen LogP contribution in [-0.4, -0.2) is 17.0 Å². The van der Waals surface area contributed by atoms with Gasteiger partial charge in [0.15, 0.2) is 5.17 Å². The van der Waals surface area contributed by atoms with Crippen molar-refractivity contribution in [1.82, 2.24) is 5.32 Å². The number of aliphatic imine (C=N–C) groups is 1. The van der Waals surface area contributed by atoms with Crippen molar-refractivity contribution in [3.05, 3.63) is 71.3 Å². The average Bonchev–Trinajstić information content (AvgIpc) is 2.95. The monoisotopic (exact) mass is 296 g/mol. The molecule has 1 aliphatic heterocycles. The number of thioether (sulfide) groups is 1. The molecule has 21 heavy (non-hydrogen) atoms. The van der Waals surface area contributed by atoms with Gasteiger partial charge in [0, 0.05) is 11.8 Å². The lowest BCUT2D eigenvalue weighted by atomic mass is 10.1. The van der Waals surface area contributed by atoms with Crippen LogP contribution < -0.4 is 5.32 Å². The molecule has 1 atom stereocenters. The highest BCUT2D eigenvalue weighted by molar-refractivity contribution is 8.14. The van der Waals surface area contributed by atoms with Crippen molar-refractivity contribution in [2.45, 2.75) is 25.9 Å². The first kappa shape index (κ1) is 14.2. The van der Waals surface area contributed by atoms with E-state index in [0.29, 0.717) is 6.04 Å². The van der Waals surface area contributed by atoms with Crippen LogP contribution >= 0.6 is 11.8 Å². The number of nitrogens with zero attached hydrogens (tertiary/aromatic N) is 1. The lowest BCUT2D eigenvalue weighted by Crippen LogP contribution is -2.29. The zero-order valence-corrected chi connectivity index (χ0v) is 13.1. The number of benzene rings is 2. The molecule has 2 aromatic carbocycles. The Kier molecular flexibility index (Phi) is 4.61. The first-order valence-corrected chi connectivity index (χ1v) is 8.32. The molecule has 2 nitrogen and oxygen atoms in total. The highest BCUT2D eigenvalue weighted by Crippen LogP contribution is 2.18. The maximum Gasteiger partial charge on any atom is 0.157 e. The summed E-state index contributed by atoms with van der Waals surface area (Å²) in [4.78, 5) is 4.71. The molecule has 1 N–H and O–H groups in total. The van der Waals surface area contributed by atoms with E-state index in [0.717, 1.165) is 23.9 Å². The van der Waals surface area contributed by atoms with Gasteiger partial charge in [-0.2, -0.15) is 0 Å². The Balaban J connectivity index is 1.57. The number of aryl methyl sites for hydroxylation is 1. The number of rotatable bonds is 4. The molecule has 3 heteroatoms. The Hall–Kier alpha value is -1.74. The lowest BCUT2D eigenvalue weighted by molar-refractivity contribution is 0.686. The summed E-state index contributed by atoms with van der Waals surface area (Å²) >= 11 is 1.83. The highest BCUT2D eigenvalue weighted by atomic mass is 32.2. The summed E-state index contributed by atoms with van der Waals surface area (Å²) in [6, 6.07) is 19.6. The molecule has 0 saturated carbocycles. The quantitative estimate of drug-likeness (QED) is 0.928. The van der Waals surface area contributed by atoms with Gasteiger partial charge in [0.05, 0.1) is 6.54 Å². The third-order valence-electron chi connectivity index (χ3n) is 3.73. The topological polar surface area (TPSA) is 24.4 Å². The van der Waals surface area contributed by atoms with Gasteiger partial charge in [-0.1, -0.05) is 66.4 Å². The molecule has 1 saturated heterocycles. The van der Waals surface area contributed by atoms with Crippen molar-refractivity contribution in [2.75, 3.05) is 5.75 Å². The van der Waals surface area contributed by atoms with Gasteiger partial charge in [0.2, 0.25) is 0 Å². The molecule has 108 valence electrons. The van der Waals surface area contributed by atoms with Crippen LogP contribution in [0.3, 0.4) is 0 Å². The van der Waals surface area contributed by atoms with Crippen LogP contribution in [0.5, 0.6) is 0 Å². The van der Waals surface area contributed by atoms with E-state index in [1.165, 1.54) is 16.7 Å². The molecule has 0 radical (unpaired) electrons. The molecule has 3 rings (SSSR count). The maximum atomic E-state index is 4.71. The minimum Gasteiger partial charge on any atom is -0.361 e. The second-order valence-electron chi connectivity index (χ2n) is 5.39. The molecule has 1 fully saturated rings. The minimum atomic E-state index is 0.494. The Bertz CT molecular complexity index is 622. The van der Waals surface area contributed by atoms with E-state index in [9.17, 15) is 0 Å². The lowest BCUT2D eigenvalue weighted by Gasteiger charge is -2.09. The van der Waals surface area contributed by atoms with Crippen molar-refractivity contribution >= 4 is 16.9 Å². The van der Waals surface area contributed by atoms with Crippen molar-refractivity contribution < 1.29 is 0 Å². The molecule has 0 aromatic heterocycles. The molecule has 0 spiro atoms. The van der Waals surface area contributed by atoms with Crippen LogP contribution in [-0.2, 0) is 13.0 Å². The van der Waals surface area contributed by atoms with Crippen molar-refractivity contribution in [3.8, 4) is 0 Å². The summed E-state index contributed by atoms with van der Waals surface area (Å²) in [7, 11) is 0. The van der Waals surface area contributed by atoms with Crippen LogP contribution in [0.25, 0.3) is 0 Å². The van der Waals surface area contributed by atoms with Crippen molar-refractivity contribution in [3.63, 3.8) is 0 Å². The van der Waals surface area contributed by atoms with Gasteiger partial charge in [0.1, 0.15) is 0 Å². The number of hydrogen-bond donors (Lipinski definition) is 1.